The van der Waals surface area contributed by atoms with Gasteiger partial charge < -0.3 is 5.32 Å². The Balaban J connectivity index is 1.77. The normalized spacial score (nSPS) is 17.7. The van der Waals surface area contributed by atoms with Gasteiger partial charge in [-0.15, -0.1) is 0 Å². The lowest BCUT2D eigenvalue weighted by atomic mass is 10.0. The first kappa shape index (κ1) is 17.1. The third-order valence-corrected chi connectivity index (χ3v) is 4.12. The van der Waals surface area contributed by atoms with Crippen molar-refractivity contribution in [2.75, 3.05) is 11.4 Å². The molecule has 8 heteroatoms. The molecule has 1 aliphatic rings. The number of hydrogen-bond donors (Lipinski definition) is 1. The van der Waals surface area contributed by atoms with Crippen LogP contribution in [0.1, 0.15) is 28.9 Å². The van der Waals surface area contributed by atoms with Gasteiger partial charge in [0.25, 0.3) is 11.8 Å². The summed E-state index contributed by atoms with van der Waals surface area (Å²) < 4.78 is 28.1. The summed E-state index contributed by atoms with van der Waals surface area (Å²) in [6.45, 7) is 2.36. The number of hydrogen-bond acceptors (Lipinski definition) is 3. The van der Waals surface area contributed by atoms with Crippen molar-refractivity contribution in [2.24, 2.45) is 7.05 Å². The molecule has 0 radical (unpaired) electrons. The highest BCUT2D eigenvalue weighted by Gasteiger charge is 2.32. The van der Waals surface area contributed by atoms with Crippen LogP contribution < -0.4 is 10.2 Å². The smallest absolute Gasteiger partial charge is 0.252 e. The zero-order valence-electron chi connectivity index (χ0n) is 13.9. The van der Waals surface area contributed by atoms with Gasteiger partial charge in [-0.25, -0.2) is 8.78 Å². The highest BCUT2D eigenvalue weighted by Crippen LogP contribution is 2.22. The molecule has 1 aromatic heterocycles. The molecule has 1 aliphatic heterocycles. The number of aryl methyl sites for hydroxylation is 2. The van der Waals surface area contributed by atoms with Crippen molar-refractivity contribution in [1.29, 1.82) is 0 Å². The molecule has 2 amide bonds. The van der Waals surface area contributed by atoms with Crippen LogP contribution in [0.25, 0.3) is 0 Å². The average Bonchev–Trinajstić information content (AvgIpc) is 2.86. The van der Waals surface area contributed by atoms with Crippen LogP contribution in [-0.4, -0.2) is 34.2 Å². The molecule has 0 aliphatic carbocycles. The number of amides is 2. The van der Waals surface area contributed by atoms with Crippen LogP contribution in [0.2, 0.25) is 0 Å². The Morgan fingerprint density at radius 1 is 1.24 bits per heavy atom. The number of nitrogens with zero attached hydrogens (tertiary/aromatic N) is 3. The SMILES string of the molecule is Cc1cc(N2CCC[C@H](NC(=O)c3cc(F)cc(F)c3)C2=O)n(C)n1. The number of benzene rings is 1. The minimum absolute atomic E-state index is 0.154. The summed E-state index contributed by atoms with van der Waals surface area (Å²) in [6.07, 6.45) is 1.16. The number of halogens is 2. The van der Waals surface area contributed by atoms with Gasteiger partial charge in [0.1, 0.15) is 23.5 Å². The van der Waals surface area contributed by atoms with Gasteiger partial charge in [-0.05, 0) is 31.9 Å². The minimum Gasteiger partial charge on any atom is -0.340 e. The predicted molar refractivity (Wildman–Crippen MR) is 87.1 cm³/mol. The van der Waals surface area contributed by atoms with Crippen molar-refractivity contribution >= 4 is 17.6 Å². The van der Waals surface area contributed by atoms with E-state index in [9.17, 15) is 18.4 Å². The quantitative estimate of drug-likeness (QED) is 0.922. The Morgan fingerprint density at radius 2 is 1.92 bits per heavy atom. The fourth-order valence-electron chi connectivity index (χ4n) is 3.01. The molecule has 1 fully saturated rings. The molecule has 1 atom stereocenters. The van der Waals surface area contributed by atoms with Crippen molar-refractivity contribution in [2.45, 2.75) is 25.8 Å². The summed E-state index contributed by atoms with van der Waals surface area (Å²) in [5.74, 6) is -1.98. The van der Waals surface area contributed by atoms with Crippen LogP contribution in [0.15, 0.2) is 24.3 Å². The van der Waals surface area contributed by atoms with Gasteiger partial charge in [-0.1, -0.05) is 0 Å². The second-order valence-electron chi connectivity index (χ2n) is 6.08. The third kappa shape index (κ3) is 3.52. The molecule has 0 spiro atoms. The molecule has 3 rings (SSSR count). The monoisotopic (exact) mass is 348 g/mol. The molecule has 132 valence electrons. The Morgan fingerprint density at radius 3 is 2.52 bits per heavy atom. The van der Waals surface area contributed by atoms with Crippen LogP contribution in [0.5, 0.6) is 0 Å². The lowest BCUT2D eigenvalue weighted by molar-refractivity contribution is -0.121. The van der Waals surface area contributed by atoms with Crippen molar-refractivity contribution in [3.8, 4) is 0 Å². The first-order chi connectivity index (χ1) is 11.8. The number of anilines is 1. The highest BCUT2D eigenvalue weighted by molar-refractivity contribution is 6.02. The van der Waals surface area contributed by atoms with Crippen molar-refractivity contribution in [1.82, 2.24) is 15.1 Å². The Bertz CT molecular complexity index is 814. The maximum Gasteiger partial charge on any atom is 0.252 e. The molecule has 1 N–H and O–H groups in total. The fourth-order valence-corrected chi connectivity index (χ4v) is 3.01. The molecule has 1 saturated heterocycles. The zero-order valence-corrected chi connectivity index (χ0v) is 13.9. The van der Waals surface area contributed by atoms with E-state index in [1.807, 2.05) is 6.92 Å². The number of carbonyl (C=O) groups is 2. The molecule has 25 heavy (non-hydrogen) atoms. The lowest BCUT2D eigenvalue weighted by Gasteiger charge is -2.32. The molecule has 2 aromatic rings. The number of piperidine rings is 1. The average molecular weight is 348 g/mol. The Kier molecular flexibility index (Phi) is 4.52. The highest BCUT2D eigenvalue weighted by atomic mass is 19.1. The minimum atomic E-state index is -0.841. The predicted octanol–water partition coefficient (Wildman–Crippen LogP) is 1.93. The van der Waals surface area contributed by atoms with E-state index in [2.05, 4.69) is 10.4 Å². The summed E-state index contributed by atoms with van der Waals surface area (Å²) in [7, 11) is 1.74. The molecular weight excluding hydrogens is 330 g/mol. The molecule has 0 saturated carbocycles. The second kappa shape index (κ2) is 6.62. The van der Waals surface area contributed by atoms with Gasteiger partial charge in [0.15, 0.2) is 0 Å². The maximum atomic E-state index is 13.3. The van der Waals surface area contributed by atoms with Crippen LogP contribution in [0.4, 0.5) is 14.6 Å². The van der Waals surface area contributed by atoms with Gasteiger partial charge >= 0.3 is 0 Å². The molecule has 0 unspecified atom stereocenters. The molecule has 1 aromatic carbocycles. The van der Waals surface area contributed by atoms with E-state index >= 15 is 0 Å². The summed E-state index contributed by atoms with van der Waals surface area (Å²) in [5, 5.41) is 6.80. The molecule has 2 heterocycles. The summed E-state index contributed by atoms with van der Waals surface area (Å²) >= 11 is 0. The first-order valence-electron chi connectivity index (χ1n) is 7.94. The lowest BCUT2D eigenvalue weighted by Crippen LogP contribution is -2.53. The van der Waals surface area contributed by atoms with Gasteiger partial charge in [-0.2, -0.15) is 5.10 Å². The summed E-state index contributed by atoms with van der Waals surface area (Å²) in [5.41, 5.74) is 0.630. The van der Waals surface area contributed by atoms with Crippen molar-refractivity contribution in [3.05, 3.63) is 47.2 Å². The molecular formula is C17H18F2N4O2. The summed E-state index contributed by atoms with van der Waals surface area (Å²) in [6, 6.07) is 3.61. The Hall–Kier alpha value is -2.77. The number of rotatable bonds is 3. The second-order valence-corrected chi connectivity index (χ2v) is 6.08. The Labute approximate surface area is 143 Å². The van der Waals surface area contributed by atoms with Crippen LogP contribution >= 0.6 is 0 Å². The fraction of sp³-hybridized carbons (Fsp3) is 0.353. The van der Waals surface area contributed by atoms with Gasteiger partial charge in [-0.3, -0.25) is 19.2 Å². The summed E-state index contributed by atoms with van der Waals surface area (Å²) in [4.78, 5) is 26.5. The van der Waals surface area contributed by atoms with E-state index in [-0.39, 0.29) is 11.5 Å². The van der Waals surface area contributed by atoms with E-state index in [1.165, 1.54) is 0 Å². The molecule has 0 bridgehead atoms. The zero-order chi connectivity index (χ0) is 18.1. The number of carbonyl (C=O) groups excluding carboxylic acids is 2. The van der Waals surface area contributed by atoms with E-state index in [4.69, 9.17) is 0 Å². The number of nitrogens with one attached hydrogen (secondary N) is 1. The van der Waals surface area contributed by atoms with Crippen LogP contribution in [-0.2, 0) is 11.8 Å². The number of aromatic nitrogens is 2. The van der Waals surface area contributed by atoms with E-state index < -0.39 is 23.6 Å². The largest absolute Gasteiger partial charge is 0.340 e. The van der Waals surface area contributed by atoms with Crippen molar-refractivity contribution in [3.63, 3.8) is 0 Å². The first-order valence-corrected chi connectivity index (χ1v) is 7.94. The van der Waals surface area contributed by atoms with Crippen LogP contribution in [0, 0.1) is 18.6 Å². The van der Waals surface area contributed by atoms with E-state index in [0.717, 1.165) is 17.8 Å². The topological polar surface area (TPSA) is 67.2 Å². The van der Waals surface area contributed by atoms with Crippen LogP contribution in [0.3, 0.4) is 0 Å². The maximum absolute atomic E-state index is 13.3. The van der Waals surface area contributed by atoms with Gasteiger partial charge in [0, 0.05) is 31.3 Å². The standard InChI is InChI=1S/C17H18F2N4O2/c1-10-6-15(22(2)21-10)23-5-3-4-14(17(23)25)20-16(24)11-7-12(18)9-13(19)8-11/h6-9,14H,3-5H2,1-2H3,(H,20,24)/t14-/m0/s1. The van der Waals surface area contributed by atoms with Gasteiger partial charge in [0.05, 0.1) is 5.69 Å². The third-order valence-electron chi connectivity index (χ3n) is 4.12. The van der Waals surface area contributed by atoms with Crippen molar-refractivity contribution < 1.29 is 18.4 Å². The van der Waals surface area contributed by atoms with E-state index in [0.29, 0.717) is 31.3 Å². The van der Waals surface area contributed by atoms with E-state index in [1.54, 1.807) is 22.7 Å². The van der Waals surface area contributed by atoms with Gasteiger partial charge in [0.2, 0.25) is 0 Å². The molecule has 6 nitrogen and oxygen atoms in total.